The van der Waals surface area contributed by atoms with Crippen LogP contribution in [0.15, 0.2) is 23.2 Å². The molecular weight excluding hydrogens is 224 g/mol. The van der Waals surface area contributed by atoms with Gasteiger partial charge >= 0.3 is 0 Å². The number of fused-ring (bicyclic) bond motifs is 1. The Balaban J connectivity index is 2.60. The molecule has 2 rings (SSSR count). The van der Waals surface area contributed by atoms with Gasteiger partial charge in [-0.3, -0.25) is 9.79 Å². The van der Waals surface area contributed by atoms with Gasteiger partial charge in [-0.15, -0.1) is 0 Å². The highest BCUT2D eigenvalue weighted by molar-refractivity contribution is 6.12. The van der Waals surface area contributed by atoms with Crippen LogP contribution in [0.4, 0.5) is 5.69 Å². The Morgan fingerprint density at radius 2 is 2.11 bits per heavy atom. The molecule has 1 aromatic rings. The molecule has 1 amide bonds. The minimum atomic E-state index is -0.288. The van der Waals surface area contributed by atoms with Gasteiger partial charge in [-0.1, -0.05) is 25.0 Å². The van der Waals surface area contributed by atoms with Crippen molar-refractivity contribution in [1.29, 1.82) is 0 Å². The van der Waals surface area contributed by atoms with E-state index in [9.17, 15) is 4.79 Å². The molecule has 1 aliphatic heterocycles. The Kier molecular flexibility index (Phi) is 3.50. The van der Waals surface area contributed by atoms with Gasteiger partial charge in [-0.05, 0) is 32.4 Å². The van der Waals surface area contributed by atoms with E-state index in [0.717, 1.165) is 29.8 Å². The zero-order valence-corrected chi connectivity index (χ0v) is 11.5. The summed E-state index contributed by atoms with van der Waals surface area (Å²) >= 11 is 0. The van der Waals surface area contributed by atoms with E-state index in [1.54, 1.807) is 4.90 Å². The highest BCUT2D eigenvalue weighted by Crippen LogP contribution is 2.27. The Morgan fingerprint density at radius 3 is 2.78 bits per heavy atom. The van der Waals surface area contributed by atoms with E-state index >= 15 is 0 Å². The number of aryl methyl sites for hydroxylation is 1. The second-order valence-electron chi connectivity index (χ2n) is 4.92. The molecule has 3 nitrogen and oxygen atoms in total. The predicted octanol–water partition coefficient (Wildman–Crippen LogP) is 2.95. The molecule has 1 aliphatic rings. The maximum Gasteiger partial charge on any atom is 0.251 e. The Labute approximate surface area is 109 Å². The fourth-order valence-electron chi connectivity index (χ4n) is 2.37. The number of rotatable bonds is 2. The third kappa shape index (κ3) is 2.17. The first-order valence-electron chi connectivity index (χ1n) is 6.50. The highest BCUT2D eigenvalue weighted by atomic mass is 16.2. The summed E-state index contributed by atoms with van der Waals surface area (Å²) < 4.78 is 0. The normalized spacial score (nSPS) is 19.3. The van der Waals surface area contributed by atoms with Crippen molar-refractivity contribution in [3.05, 3.63) is 29.3 Å². The van der Waals surface area contributed by atoms with E-state index in [1.807, 2.05) is 26.1 Å². The molecule has 0 fully saturated rings. The molecule has 1 aromatic carbocycles. The third-order valence-electron chi connectivity index (χ3n) is 3.35. The number of benzene rings is 1. The summed E-state index contributed by atoms with van der Waals surface area (Å²) in [6.07, 6.45) is 1.96. The lowest BCUT2D eigenvalue weighted by Crippen LogP contribution is -2.32. The van der Waals surface area contributed by atoms with Crippen LogP contribution in [0.25, 0.3) is 0 Å². The van der Waals surface area contributed by atoms with Crippen LogP contribution in [-0.2, 0) is 4.79 Å². The number of aliphatic imine (C=N–C) groups is 1. The van der Waals surface area contributed by atoms with Crippen molar-refractivity contribution in [1.82, 2.24) is 0 Å². The molecule has 1 atom stereocenters. The van der Waals surface area contributed by atoms with Crippen LogP contribution in [0, 0.1) is 6.92 Å². The third-order valence-corrected chi connectivity index (χ3v) is 3.35. The summed E-state index contributed by atoms with van der Waals surface area (Å²) in [5.41, 5.74) is 4.34. The van der Waals surface area contributed by atoms with Crippen LogP contribution in [0.1, 0.15) is 37.8 Å². The molecule has 18 heavy (non-hydrogen) atoms. The smallest absolute Gasteiger partial charge is 0.251 e. The number of anilines is 1. The average molecular weight is 244 g/mol. The summed E-state index contributed by atoms with van der Waals surface area (Å²) in [5.74, 6) is 0.0613. The van der Waals surface area contributed by atoms with Gasteiger partial charge in [0.25, 0.3) is 5.91 Å². The van der Waals surface area contributed by atoms with Gasteiger partial charge in [-0.2, -0.15) is 0 Å². The molecule has 0 aliphatic carbocycles. The van der Waals surface area contributed by atoms with Crippen molar-refractivity contribution >= 4 is 17.3 Å². The molecule has 1 unspecified atom stereocenters. The van der Waals surface area contributed by atoms with Crippen LogP contribution in [0.2, 0.25) is 0 Å². The van der Waals surface area contributed by atoms with E-state index in [-0.39, 0.29) is 11.9 Å². The molecule has 0 saturated carbocycles. The van der Waals surface area contributed by atoms with Gasteiger partial charge in [0, 0.05) is 18.3 Å². The standard InChI is InChI=1S/C15H20N2O/c1-5-6-13-12-9-10(2)7-8-14(12)17(4)15(18)11(3)16-13/h7-9,11H,5-6H2,1-4H3. The van der Waals surface area contributed by atoms with Crippen LogP contribution in [0.3, 0.4) is 0 Å². The quantitative estimate of drug-likeness (QED) is 0.787. The lowest BCUT2D eigenvalue weighted by Gasteiger charge is -2.19. The molecule has 96 valence electrons. The monoisotopic (exact) mass is 244 g/mol. The fraction of sp³-hybridized carbons (Fsp3) is 0.467. The van der Waals surface area contributed by atoms with Crippen LogP contribution in [-0.4, -0.2) is 24.7 Å². The molecule has 0 bridgehead atoms. The largest absolute Gasteiger partial charge is 0.313 e. The maximum absolute atomic E-state index is 12.2. The Bertz CT molecular complexity index is 505. The van der Waals surface area contributed by atoms with Gasteiger partial charge in [0.15, 0.2) is 0 Å². The second kappa shape index (κ2) is 4.92. The average Bonchev–Trinajstić information content (AvgIpc) is 2.43. The summed E-state index contributed by atoms with van der Waals surface area (Å²) in [5, 5.41) is 0. The van der Waals surface area contributed by atoms with Crippen molar-refractivity contribution < 1.29 is 4.79 Å². The van der Waals surface area contributed by atoms with Gasteiger partial charge < -0.3 is 4.90 Å². The van der Waals surface area contributed by atoms with Crippen molar-refractivity contribution in [2.24, 2.45) is 4.99 Å². The van der Waals surface area contributed by atoms with Crippen molar-refractivity contribution in [2.45, 2.75) is 39.7 Å². The summed E-state index contributed by atoms with van der Waals surface area (Å²) in [6.45, 7) is 6.08. The fourth-order valence-corrected chi connectivity index (χ4v) is 2.37. The molecule has 0 aromatic heterocycles. The zero-order chi connectivity index (χ0) is 13.3. The first-order valence-corrected chi connectivity index (χ1v) is 6.50. The van der Waals surface area contributed by atoms with Crippen molar-refractivity contribution in [3.8, 4) is 0 Å². The highest BCUT2D eigenvalue weighted by Gasteiger charge is 2.25. The van der Waals surface area contributed by atoms with E-state index in [4.69, 9.17) is 0 Å². The van der Waals surface area contributed by atoms with E-state index in [0.29, 0.717) is 0 Å². The minimum Gasteiger partial charge on any atom is -0.313 e. The molecule has 0 radical (unpaired) electrons. The van der Waals surface area contributed by atoms with Crippen molar-refractivity contribution in [2.75, 3.05) is 11.9 Å². The first kappa shape index (κ1) is 12.8. The second-order valence-corrected chi connectivity index (χ2v) is 4.92. The van der Waals surface area contributed by atoms with Crippen LogP contribution in [0.5, 0.6) is 0 Å². The predicted molar refractivity (Wildman–Crippen MR) is 75.5 cm³/mol. The summed E-state index contributed by atoms with van der Waals surface area (Å²) in [6, 6.07) is 5.91. The molecule has 1 heterocycles. The number of likely N-dealkylation sites (N-methyl/N-ethyl adjacent to an activating group) is 1. The Hall–Kier alpha value is -1.64. The van der Waals surface area contributed by atoms with E-state index in [2.05, 4.69) is 24.9 Å². The first-order chi connectivity index (χ1) is 8.54. The summed E-state index contributed by atoms with van der Waals surface area (Å²) in [4.78, 5) is 18.5. The molecule has 3 heteroatoms. The minimum absolute atomic E-state index is 0.0613. The number of hydrogen-bond donors (Lipinski definition) is 0. The van der Waals surface area contributed by atoms with Gasteiger partial charge in [0.05, 0.1) is 5.69 Å². The van der Waals surface area contributed by atoms with E-state index in [1.165, 1.54) is 5.56 Å². The molecule has 0 saturated heterocycles. The number of amides is 1. The van der Waals surface area contributed by atoms with Gasteiger partial charge in [-0.25, -0.2) is 0 Å². The van der Waals surface area contributed by atoms with E-state index < -0.39 is 0 Å². The topological polar surface area (TPSA) is 32.7 Å². The zero-order valence-electron chi connectivity index (χ0n) is 11.5. The SMILES string of the molecule is CCCC1=NC(C)C(=O)N(C)c2ccc(C)cc21. The lowest BCUT2D eigenvalue weighted by atomic mass is 10.0. The molecule has 0 N–H and O–H groups in total. The van der Waals surface area contributed by atoms with Crippen molar-refractivity contribution in [3.63, 3.8) is 0 Å². The van der Waals surface area contributed by atoms with Crippen LogP contribution >= 0.6 is 0 Å². The number of carbonyl (C=O) groups is 1. The van der Waals surface area contributed by atoms with Gasteiger partial charge in [0.1, 0.15) is 6.04 Å². The van der Waals surface area contributed by atoms with Gasteiger partial charge in [0.2, 0.25) is 0 Å². The molecular formula is C15H20N2O. The van der Waals surface area contributed by atoms with Crippen LogP contribution < -0.4 is 4.90 Å². The number of nitrogens with zero attached hydrogens (tertiary/aromatic N) is 2. The maximum atomic E-state index is 12.2. The number of benzodiazepines with no additional fused rings is 1. The Morgan fingerprint density at radius 1 is 1.39 bits per heavy atom. The lowest BCUT2D eigenvalue weighted by molar-refractivity contribution is -0.119. The number of carbonyl (C=O) groups excluding carboxylic acids is 1. The summed E-state index contributed by atoms with van der Waals surface area (Å²) in [7, 11) is 1.83. The molecule has 0 spiro atoms. The number of hydrogen-bond acceptors (Lipinski definition) is 2.